The summed E-state index contributed by atoms with van der Waals surface area (Å²) in [5.74, 6) is -1.29. The molecule has 0 aromatic carbocycles. The summed E-state index contributed by atoms with van der Waals surface area (Å²) in [6, 6.07) is 0. The smallest absolute Gasteiger partial charge is 0.313 e. The predicted octanol–water partition coefficient (Wildman–Crippen LogP) is 1.80. The molecular weight excluding hydrogens is 220 g/mol. The van der Waals surface area contributed by atoms with E-state index < -0.39 is 16.3 Å². The Bertz CT molecular complexity index is 287. The highest BCUT2D eigenvalue weighted by Gasteiger charge is 2.69. The number of carbonyl (C=O) groups excluding carboxylic acids is 1. The Morgan fingerprint density at radius 2 is 2.07 bits per heavy atom. The number of hydrogen-bond donors (Lipinski definition) is 1. The van der Waals surface area contributed by atoms with Gasteiger partial charge in [-0.05, 0) is 26.7 Å². The zero-order valence-corrected chi connectivity index (χ0v) is 9.63. The van der Waals surface area contributed by atoms with E-state index in [2.05, 4.69) is 0 Å². The Hall–Kier alpha value is -0.770. The van der Waals surface area contributed by atoms with E-state index >= 15 is 0 Å². The molecule has 0 aliphatic heterocycles. The van der Waals surface area contributed by atoms with Crippen LogP contribution in [0.1, 0.15) is 33.1 Å². The molecule has 86 valence electrons. The van der Waals surface area contributed by atoms with Gasteiger partial charge in [0.2, 0.25) is 0 Å². The number of esters is 1. The van der Waals surface area contributed by atoms with Crippen molar-refractivity contribution in [3.63, 3.8) is 0 Å². The molecule has 1 fully saturated rings. The summed E-state index contributed by atoms with van der Waals surface area (Å²) in [6.45, 7) is 3.75. The molecule has 0 amide bonds. The van der Waals surface area contributed by atoms with Gasteiger partial charge >= 0.3 is 11.9 Å². The fourth-order valence-electron chi connectivity index (χ4n) is 1.85. The Morgan fingerprint density at radius 1 is 1.53 bits per heavy atom. The van der Waals surface area contributed by atoms with Crippen molar-refractivity contribution in [1.82, 2.24) is 0 Å². The molecule has 15 heavy (non-hydrogen) atoms. The molecule has 1 N–H and O–H groups in total. The van der Waals surface area contributed by atoms with E-state index in [-0.39, 0.29) is 18.8 Å². The molecule has 4 nitrogen and oxygen atoms in total. The summed E-state index contributed by atoms with van der Waals surface area (Å²) in [6.07, 6.45) is 0.690. The third kappa shape index (κ3) is 2.25. The molecule has 0 heterocycles. The molecule has 5 heteroatoms. The molecule has 0 radical (unpaired) electrons. The maximum atomic E-state index is 11.7. The predicted molar refractivity (Wildman–Crippen MR) is 54.8 cm³/mol. The van der Waals surface area contributed by atoms with Crippen LogP contribution >= 0.6 is 11.6 Å². The average Bonchev–Trinajstić information content (AvgIpc) is 2.67. The fourth-order valence-corrected chi connectivity index (χ4v) is 2.25. The van der Waals surface area contributed by atoms with Crippen molar-refractivity contribution in [2.24, 2.45) is 5.41 Å². The Labute approximate surface area is 93.6 Å². The van der Waals surface area contributed by atoms with E-state index in [0.717, 1.165) is 0 Å². The van der Waals surface area contributed by atoms with Crippen LogP contribution in [0.3, 0.4) is 0 Å². The molecule has 0 saturated heterocycles. The molecule has 0 spiro atoms. The van der Waals surface area contributed by atoms with Crippen LogP contribution in [0.25, 0.3) is 0 Å². The van der Waals surface area contributed by atoms with Crippen LogP contribution < -0.4 is 0 Å². The second-order valence-electron chi connectivity index (χ2n) is 4.07. The largest absolute Gasteiger partial charge is 0.481 e. The summed E-state index contributed by atoms with van der Waals surface area (Å²) in [5.41, 5.74) is -0.789. The van der Waals surface area contributed by atoms with Crippen LogP contribution in [0.4, 0.5) is 0 Å². The number of aliphatic carboxylic acids is 1. The number of carboxylic acid groups (broad SMARTS) is 1. The number of rotatable bonds is 5. The van der Waals surface area contributed by atoms with E-state index in [4.69, 9.17) is 21.4 Å². The minimum absolute atomic E-state index is 0.0544. The molecule has 0 aromatic rings. The van der Waals surface area contributed by atoms with Crippen molar-refractivity contribution in [2.75, 3.05) is 6.61 Å². The maximum absolute atomic E-state index is 11.7. The average molecular weight is 235 g/mol. The summed E-state index contributed by atoms with van der Waals surface area (Å²) in [4.78, 5) is 21.5. The number of carbonyl (C=O) groups is 2. The Balaban J connectivity index is 2.66. The van der Waals surface area contributed by atoms with Crippen molar-refractivity contribution in [1.29, 1.82) is 0 Å². The second kappa shape index (κ2) is 4.00. The van der Waals surface area contributed by atoms with Gasteiger partial charge in [0, 0.05) is 6.42 Å². The van der Waals surface area contributed by atoms with Crippen molar-refractivity contribution < 1.29 is 19.4 Å². The molecule has 2 atom stereocenters. The SMILES string of the molecule is CCOC(=O)C1(CCC(=O)O)CC1(C)Cl. The van der Waals surface area contributed by atoms with E-state index in [1.54, 1.807) is 13.8 Å². The molecule has 1 rings (SSSR count). The number of halogens is 1. The Morgan fingerprint density at radius 3 is 2.40 bits per heavy atom. The van der Waals surface area contributed by atoms with E-state index in [1.807, 2.05) is 0 Å². The number of carboxylic acids is 1. The lowest BCUT2D eigenvalue weighted by atomic mass is 9.97. The van der Waals surface area contributed by atoms with Crippen LogP contribution in [0.15, 0.2) is 0 Å². The zero-order chi connectivity index (χ0) is 11.7. The number of ether oxygens (including phenoxy) is 1. The number of alkyl halides is 1. The van der Waals surface area contributed by atoms with E-state index in [1.165, 1.54) is 0 Å². The molecule has 1 saturated carbocycles. The summed E-state index contributed by atoms with van der Waals surface area (Å²) < 4.78 is 4.92. The lowest BCUT2D eigenvalue weighted by Gasteiger charge is -2.16. The minimum atomic E-state index is -0.918. The van der Waals surface area contributed by atoms with Gasteiger partial charge in [-0.15, -0.1) is 11.6 Å². The molecule has 2 unspecified atom stereocenters. The van der Waals surface area contributed by atoms with Crippen molar-refractivity contribution >= 4 is 23.5 Å². The fraction of sp³-hybridized carbons (Fsp3) is 0.800. The molecule has 1 aliphatic rings. The third-order valence-electron chi connectivity index (χ3n) is 2.94. The van der Waals surface area contributed by atoms with E-state index in [9.17, 15) is 9.59 Å². The summed E-state index contributed by atoms with van der Waals surface area (Å²) in [7, 11) is 0. The van der Waals surface area contributed by atoms with Crippen LogP contribution in [0, 0.1) is 5.41 Å². The summed E-state index contributed by atoms with van der Waals surface area (Å²) >= 11 is 6.08. The minimum Gasteiger partial charge on any atom is -0.481 e. The second-order valence-corrected chi connectivity index (χ2v) is 4.90. The highest BCUT2D eigenvalue weighted by atomic mass is 35.5. The van der Waals surface area contributed by atoms with Crippen LogP contribution in [-0.4, -0.2) is 28.5 Å². The Kier molecular flexibility index (Phi) is 3.28. The van der Waals surface area contributed by atoms with Crippen LogP contribution in [-0.2, 0) is 14.3 Å². The van der Waals surface area contributed by atoms with Gasteiger partial charge < -0.3 is 9.84 Å². The first-order chi connectivity index (χ1) is 6.85. The van der Waals surface area contributed by atoms with E-state index in [0.29, 0.717) is 13.0 Å². The lowest BCUT2D eigenvalue weighted by Crippen LogP contribution is -2.26. The molecular formula is C10H15ClO4. The molecule has 0 bridgehead atoms. The highest BCUT2D eigenvalue weighted by molar-refractivity contribution is 6.29. The van der Waals surface area contributed by atoms with Crippen LogP contribution in [0.5, 0.6) is 0 Å². The van der Waals surface area contributed by atoms with Crippen molar-refractivity contribution in [3.05, 3.63) is 0 Å². The first-order valence-corrected chi connectivity index (χ1v) is 5.31. The van der Waals surface area contributed by atoms with Crippen LogP contribution in [0.2, 0.25) is 0 Å². The van der Waals surface area contributed by atoms with Gasteiger partial charge in [-0.25, -0.2) is 0 Å². The lowest BCUT2D eigenvalue weighted by molar-refractivity contribution is -0.150. The van der Waals surface area contributed by atoms with Crippen molar-refractivity contribution in [2.45, 2.75) is 38.0 Å². The van der Waals surface area contributed by atoms with Crippen molar-refractivity contribution in [3.8, 4) is 0 Å². The highest BCUT2D eigenvalue weighted by Crippen LogP contribution is 2.64. The first-order valence-electron chi connectivity index (χ1n) is 4.93. The van der Waals surface area contributed by atoms with Gasteiger partial charge in [0.25, 0.3) is 0 Å². The summed E-state index contributed by atoms with van der Waals surface area (Å²) in [5, 5.41) is 8.59. The first kappa shape index (κ1) is 12.3. The topological polar surface area (TPSA) is 63.6 Å². The molecule has 1 aliphatic carbocycles. The molecule has 0 aromatic heterocycles. The maximum Gasteiger partial charge on any atom is 0.313 e. The van der Waals surface area contributed by atoms with Gasteiger partial charge in [-0.3, -0.25) is 9.59 Å². The normalized spacial score (nSPS) is 33.5. The van der Waals surface area contributed by atoms with Gasteiger partial charge in [-0.1, -0.05) is 0 Å². The monoisotopic (exact) mass is 234 g/mol. The van der Waals surface area contributed by atoms with Gasteiger partial charge in [-0.2, -0.15) is 0 Å². The van der Waals surface area contributed by atoms with Gasteiger partial charge in [0.05, 0.1) is 16.9 Å². The standard InChI is InChI=1S/C10H15ClO4/c1-3-15-8(14)10(5-4-7(12)13)6-9(10,2)11/h3-6H2,1-2H3,(H,12,13). The quantitative estimate of drug-likeness (QED) is 0.582. The zero-order valence-electron chi connectivity index (χ0n) is 8.88. The number of hydrogen-bond acceptors (Lipinski definition) is 3. The van der Waals surface area contributed by atoms with Gasteiger partial charge in [0.15, 0.2) is 0 Å². The third-order valence-corrected chi connectivity index (χ3v) is 3.43. The van der Waals surface area contributed by atoms with Gasteiger partial charge in [0.1, 0.15) is 0 Å².